The molecule has 0 bridgehead atoms. The summed E-state index contributed by atoms with van der Waals surface area (Å²) in [7, 11) is 0. The Balaban J connectivity index is 3.18. The number of alkyl halides is 3. The summed E-state index contributed by atoms with van der Waals surface area (Å²) in [5.41, 5.74) is 0.118. The van der Waals surface area contributed by atoms with Crippen molar-refractivity contribution in [3.63, 3.8) is 0 Å². The molecular weight excluding hydrogens is 350 g/mol. The Morgan fingerprint density at radius 3 is 2.56 bits per heavy atom. The minimum absolute atomic E-state index is 0.118. The maximum absolute atomic E-state index is 12.1. The van der Waals surface area contributed by atoms with Crippen LogP contribution in [0, 0.1) is 0 Å². The van der Waals surface area contributed by atoms with E-state index in [2.05, 4.69) is 36.6 Å². The minimum Gasteiger partial charge on any atom is -0.434 e. The van der Waals surface area contributed by atoms with Crippen molar-refractivity contribution in [2.75, 3.05) is 0 Å². The fourth-order valence-corrected chi connectivity index (χ4v) is 1.91. The van der Waals surface area contributed by atoms with E-state index in [-0.39, 0.29) is 17.1 Å². The first-order valence-electron chi connectivity index (χ1n) is 4.35. The Morgan fingerprint density at radius 2 is 2.06 bits per heavy atom. The van der Waals surface area contributed by atoms with Crippen LogP contribution in [0.2, 0.25) is 0 Å². The fraction of sp³-hybridized carbons (Fsp3) is 0.300. The van der Waals surface area contributed by atoms with E-state index in [1.54, 1.807) is 13.0 Å². The van der Waals surface area contributed by atoms with Gasteiger partial charge in [-0.05, 0) is 35.0 Å². The first kappa shape index (κ1) is 13.6. The standard InChI is InChI=1S/C10H8Br2F2O2/c1-5(11)9(15)8-6(12)3-2-4-7(8)16-10(13)14/h2-5,10H,1H3. The quantitative estimate of drug-likeness (QED) is 0.601. The number of halogens is 4. The molecule has 0 amide bonds. The Hall–Kier alpha value is -0.490. The van der Waals surface area contributed by atoms with E-state index in [0.717, 1.165) is 0 Å². The Labute approximate surface area is 108 Å². The van der Waals surface area contributed by atoms with E-state index >= 15 is 0 Å². The molecule has 0 aliphatic carbocycles. The van der Waals surface area contributed by atoms with Crippen LogP contribution in [0.1, 0.15) is 17.3 Å². The van der Waals surface area contributed by atoms with Crippen LogP contribution in [-0.4, -0.2) is 17.2 Å². The summed E-state index contributed by atoms with van der Waals surface area (Å²) >= 11 is 6.24. The van der Waals surface area contributed by atoms with Gasteiger partial charge in [0.15, 0.2) is 5.78 Å². The van der Waals surface area contributed by atoms with E-state index in [9.17, 15) is 13.6 Å². The Bertz CT molecular complexity index is 394. The van der Waals surface area contributed by atoms with Crippen LogP contribution >= 0.6 is 31.9 Å². The molecule has 16 heavy (non-hydrogen) atoms. The average Bonchev–Trinajstić information content (AvgIpc) is 2.16. The number of hydrogen-bond acceptors (Lipinski definition) is 2. The molecular formula is C10H8Br2F2O2. The molecule has 0 spiro atoms. The van der Waals surface area contributed by atoms with E-state index < -0.39 is 11.4 Å². The Morgan fingerprint density at radius 1 is 1.44 bits per heavy atom. The third-order valence-electron chi connectivity index (χ3n) is 1.80. The molecule has 2 nitrogen and oxygen atoms in total. The number of ether oxygens (including phenoxy) is 1. The zero-order valence-electron chi connectivity index (χ0n) is 8.22. The van der Waals surface area contributed by atoms with Crippen LogP contribution in [0.4, 0.5) is 8.78 Å². The smallest absolute Gasteiger partial charge is 0.387 e. The highest BCUT2D eigenvalue weighted by atomic mass is 79.9. The summed E-state index contributed by atoms with van der Waals surface area (Å²) in [6.45, 7) is -1.33. The van der Waals surface area contributed by atoms with Crippen LogP contribution < -0.4 is 4.74 Å². The number of hydrogen-bond donors (Lipinski definition) is 0. The topological polar surface area (TPSA) is 26.3 Å². The molecule has 1 atom stereocenters. The van der Waals surface area contributed by atoms with Gasteiger partial charge in [0.2, 0.25) is 0 Å². The number of benzene rings is 1. The number of carbonyl (C=O) groups is 1. The van der Waals surface area contributed by atoms with E-state index in [1.165, 1.54) is 12.1 Å². The molecule has 0 fully saturated rings. The second-order valence-electron chi connectivity index (χ2n) is 2.97. The fourth-order valence-electron chi connectivity index (χ4n) is 1.14. The molecule has 0 aliphatic rings. The van der Waals surface area contributed by atoms with Crippen molar-refractivity contribution in [3.8, 4) is 5.75 Å². The molecule has 0 heterocycles. The second kappa shape index (κ2) is 5.72. The molecule has 0 N–H and O–H groups in total. The van der Waals surface area contributed by atoms with Crippen LogP contribution in [0.5, 0.6) is 5.75 Å². The van der Waals surface area contributed by atoms with Gasteiger partial charge in [0.05, 0.1) is 10.4 Å². The molecule has 88 valence electrons. The van der Waals surface area contributed by atoms with Crippen molar-refractivity contribution in [2.24, 2.45) is 0 Å². The molecule has 1 unspecified atom stereocenters. The first-order chi connectivity index (χ1) is 7.43. The summed E-state index contributed by atoms with van der Waals surface area (Å²) in [5.74, 6) is -0.441. The molecule has 6 heteroatoms. The lowest BCUT2D eigenvalue weighted by Crippen LogP contribution is -2.14. The van der Waals surface area contributed by atoms with Crippen molar-refractivity contribution in [1.82, 2.24) is 0 Å². The summed E-state index contributed by atoms with van der Waals surface area (Å²) in [6, 6.07) is 4.46. The van der Waals surface area contributed by atoms with Gasteiger partial charge < -0.3 is 4.74 Å². The van der Waals surface area contributed by atoms with Crippen LogP contribution in [0.15, 0.2) is 22.7 Å². The lowest BCUT2D eigenvalue weighted by molar-refractivity contribution is -0.0501. The summed E-state index contributed by atoms with van der Waals surface area (Å²) < 4.78 is 29.0. The van der Waals surface area contributed by atoms with Gasteiger partial charge in [-0.3, -0.25) is 4.79 Å². The molecule has 1 aromatic rings. The average molecular weight is 358 g/mol. The number of Topliss-reactive ketones (excluding diaryl/α,β-unsaturated/α-hetero) is 1. The predicted molar refractivity (Wildman–Crippen MR) is 63.5 cm³/mol. The van der Waals surface area contributed by atoms with Crippen molar-refractivity contribution < 1.29 is 18.3 Å². The molecule has 0 saturated heterocycles. The van der Waals surface area contributed by atoms with Gasteiger partial charge in [0.1, 0.15) is 5.75 Å². The van der Waals surface area contributed by atoms with Gasteiger partial charge in [0, 0.05) is 4.47 Å². The van der Waals surface area contributed by atoms with E-state index in [0.29, 0.717) is 4.47 Å². The Kier molecular flexibility index (Phi) is 4.86. The minimum atomic E-state index is -2.95. The molecule has 0 aliphatic heterocycles. The van der Waals surface area contributed by atoms with E-state index in [4.69, 9.17) is 0 Å². The second-order valence-corrected chi connectivity index (χ2v) is 5.20. The SMILES string of the molecule is CC(Br)C(=O)c1c(Br)cccc1OC(F)F. The van der Waals surface area contributed by atoms with Gasteiger partial charge in [-0.2, -0.15) is 8.78 Å². The van der Waals surface area contributed by atoms with E-state index in [1.807, 2.05) is 0 Å². The summed E-state index contributed by atoms with van der Waals surface area (Å²) in [5, 5.41) is 0. The van der Waals surface area contributed by atoms with Gasteiger partial charge in [0.25, 0.3) is 0 Å². The zero-order chi connectivity index (χ0) is 12.3. The highest BCUT2D eigenvalue weighted by molar-refractivity contribution is 9.10. The number of ketones is 1. The summed E-state index contributed by atoms with van der Waals surface area (Å²) in [6.07, 6.45) is 0. The molecule has 1 aromatic carbocycles. The lowest BCUT2D eigenvalue weighted by Gasteiger charge is -2.12. The van der Waals surface area contributed by atoms with Gasteiger partial charge in [-0.15, -0.1) is 0 Å². The monoisotopic (exact) mass is 356 g/mol. The zero-order valence-corrected chi connectivity index (χ0v) is 11.4. The highest BCUT2D eigenvalue weighted by Crippen LogP contribution is 2.30. The molecule has 0 saturated carbocycles. The first-order valence-corrected chi connectivity index (χ1v) is 6.06. The van der Waals surface area contributed by atoms with Crippen molar-refractivity contribution in [3.05, 3.63) is 28.2 Å². The maximum Gasteiger partial charge on any atom is 0.387 e. The normalized spacial score (nSPS) is 12.6. The van der Waals surface area contributed by atoms with Crippen LogP contribution in [0.25, 0.3) is 0 Å². The third-order valence-corrected chi connectivity index (χ3v) is 2.88. The largest absolute Gasteiger partial charge is 0.434 e. The van der Waals surface area contributed by atoms with Crippen molar-refractivity contribution in [1.29, 1.82) is 0 Å². The maximum atomic E-state index is 12.1. The molecule has 0 aromatic heterocycles. The number of carbonyl (C=O) groups excluding carboxylic acids is 1. The predicted octanol–water partition coefficient (Wildman–Crippen LogP) is 4.02. The summed E-state index contributed by atoms with van der Waals surface area (Å²) in [4.78, 5) is 11.3. The third kappa shape index (κ3) is 3.25. The van der Waals surface area contributed by atoms with Gasteiger partial charge in [-0.1, -0.05) is 22.0 Å². The highest BCUT2D eigenvalue weighted by Gasteiger charge is 2.21. The van der Waals surface area contributed by atoms with Crippen LogP contribution in [-0.2, 0) is 0 Å². The molecule has 0 radical (unpaired) electrons. The van der Waals surface area contributed by atoms with Crippen molar-refractivity contribution in [2.45, 2.75) is 18.4 Å². The number of rotatable bonds is 4. The van der Waals surface area contributed by atoms with Crippen molar-refractivity contribution >= 4 is 37.6 Å². The lowest BCUT2D eigenvalue weighted by atomic mass is 10.1. The van der Waals surface area contributed by atoms with Gasteiger partial charge in [-0.25, -0.2) is 0 Å². The molecule has 1 rings (SSSR count). The van der Waals surface area contributed by atoms with Crippen LogP contribution in [0.3, 0.4) is 0 Å². The van der Waals surface area contributed by atoms with Gasteiger partial charge >= 0.3 is 6.61 Å².